The van der Waals surface area contributed by atoms with Gasteiger partial charge in [0.15, 0.2) is 0 Å². The highest BCUT2D eigenvalue weighted by atomic mass is 15.2. The highest BCUT2D eigenvalue weighted by molar-refractivity contribution is 5.40. The number of hydrogen-bond donors (Lipinski definition) is 2. The van der Waals surface area contributed by atoms with Crippen LogP contribution in [0.25, 0.3) is 0 Å². The van der Waals surface area contributed by atoms with E-state index in [4.69, 9.17) is 5.73 Å². The Morgan fingerprint density at radius 1 is 1.27 bits per heavy atom. The zero-order chi connectivity index (χ0) is 10.8. The van der Waals surface area contributed by atoms with Crippen LogP contribution in [0.1, 0.15) is 17.9 Å². The molecule has 1 aliphatic rings. The van der Waals surface area contributed by atoms with Crippen LogP contribution in [0.3, 0.4) is 0 Å². The summed E-state index contributed by atoms with van der Waals surface area (Å²) in [4.78, 5) is 2.24. The summed E-state index contributed by atoms with van der Waals surface area (Å²) in [7, 11) is 4.24. The van der Waals surface area contributed by atoms with Crippen LogP contribution >= 0.6 is 0 Å². The molecule has 1 aliphatic heterocycles. The Hall–Kier alpha value is -1.06. The van der Waals surface area contributed by atoms with Gasteiger partial charge in [0.25, 0.3) is 0 Å². The molecule has 1 aromatic carbocycles. The van der Waals surface area contributed by atoms with Gasteiger partial charge in [0.1, 0.15) is 0 Å². The Morgan fingerprint density at radius 3 is 2.53 bits per heavy atom. The minimum atomic E-state index is 0.452. The van der Waals surface area contributed by atoms with Gasteiger partial charge >= 0.3 is 0 Å². The fourth-order valence-electron chi connectivity index (χ4n) is 2.32. The van der Waals surface area contributed by atoms with E-state index in [2.05, 4.69) is 36.4 Å². The van der Waals surface area contributed by atoms with Crippen molar-refractivity contribution in [3.05, 3.63) is 29.8 Å². The van der Waals surface area contributed by atoms with Crippen molar-refractivity contribution in [1.29, 1.82) is 0 Å². The fraction of sp³-hybridized carbons (Fsp3) is 0.500. The van der Waals surface area contributed by atoms with Gasteiger partial charge < -0.3 is 11.1 Å². The van der Waals surface area contributed by atoms with E-state index in [0.717, 1.165) is 12.2 Å². The molecule has 15 heavy (non-hydrogen) atoms. The molecule has 0 aromatic heterocycles. The third-order valence-corrected chi connectivity index (χ3v) is 3.11. The summed E-state index contributed by atoms with van der Waals surface area (Å²) < 4.78 is 0. The summed E-state index contributed by atoms with van der Waals surface area (Å²) in [5.74, 6) is 0.584. The molecule has 3 heteroatoms. The van der Waals surface area contributed by atoms with E-state index in [1.807, 2.05) is 12.1 Å². The molecule has 3 nitrogen and oxygen atoms in total. The first-order valence-electron chi connectivity index (χ1n) is 5.44. The Kier molecular flexibility index (Phi) is 2.93. The molecule has 82 valence electrons. The highest BCUT2D eigenvalue weighted by Crippen LogP contribution is 2.28. The summed E-state index contributed by atoms with van der Waals surface area (Å²) in [5.41, 5.74) is 7.92. The van der Waals surface area contributed by atoms with Crippen LogP contribution in [0.4, 0.5) is 5.69 Å². The normalized spacial score (nSPS) is 26.1. The lowest BCUT2D eigenvalue weighted by Gasteiger charge is -2.26. The Labute approximate surface area is 91.3 Å². The smallest absolute Gasteiger partial charge is 0.0663 e. The predicted molar refractivity (Wildman–Crippen MR) is 63.7 cm³/mol. The first kappa shape index (κ1) is 10.5. The second kappa shape index (κ2) is 4.21. The Balaban J connectivity index is 2.19. The minimum absolute atomic E-state index is 0.452. The minimum Gasteiger partial charge on any atom is -0.399 e. The van der Waals surface area contributed by atoms with Gasteiger partial charge in [-0.3, -0.25) is 4.90 Å². The second-order valence-electron chi connectivity index (χ2n) is 4.42. The second-order valence-corrected chi connectivity index (χ2v) is 4.42. The average Bonchev–Trinajstić information content (AvgIpc) is 2.67. The van der Waals surface area contributed by atoms with Crippen molar-refractivity contribution in [3.8, 4) is 0 Å². The van der Waals surface area contributed by atoms with Crippen LogP contribution in [0, 0.1) is 0 Å². The third kappa shape index (κ3) is 2.13. The van der Waals surface area contributed by atoms with Gasteiger partial charge in [-0.1, -0.05) is 12.1 Å². The third-order valence-electron chi connectivity index (χ3n) is 3.11. The summed E-state index contributed by atoms with van der Waals surface area (Å²) in [6.07, 6.45) is 1.65. The topological polar surface area (TPSA) is 41.3 Å². The number of likely N-dealkylation sites (N-methyl/N-ethyl adjacent to an activating group) is 1. The van der Waals surface area contributed by atoms with Gasteiger partial charge in [-0.05, 0) is 44.8 Å². The monoisotopic (exact) mass is 205 g/mol. The first-order chi connectivity index (χ1) is 7.18. The fourth-order valence-corrected chi connectivity index (χ4v) is 2.32. The molecule has 2 rings (SSSR count). The van der Waals surface area contributed by atoms with Crippen molar-refractivity contribution in [2.75, 3.05) is 26.4 Å². The average molecular weight is 205 g/mol. The first-order valence-corrected chi connectivity index (χ1v) is 5.44. The lowest BCUT2D eigenvalue weighted by atomic mass is 9.95. The molecule has 0 amide bonds. The van der Waals surface area contributed by atoms with Crippen molar-refractivity contribution in [2.45, 2.75) is 18.5 Å². The van der Waals surface area contributed by atoms with Crippen molar-refractivity contribution < 1.29 is 0 Å². The molecule has 0 radical (unpaired) electrons. The zero-order valence-corrected chi connectivity index (χ0v) is 9.40. The SMILES string of the molecule is CN(C)C1NCCC1c1ccc(N)cc1. The number of rotatable bonds is 2. The molecular weight excluding hydrogens is 186 g/mol. The molecule has 2 atom stereocenters. The lowest BCUT2D eigenvalue weighted by molar-refractivity contribution is 0.252. The summed E-state index contributed by atoms with van der Waals surface area (Å²) in [5, 5.41) is 3.51. The number of nitrogen functional groups attached to an aromatic ring is 1. The van der Waals surface area contributed by atoms with Gasteiger partial charge in [0.05, 0.1) is 6.17 Å². The molecule has 1 fully saturated rings. The quantitative estimate of drug-likeness (QED) is 0.714. The van der Waals surface area contributed by atoms with Crippen LogP contribution in [-0.2, 0) is 0 Å². The molecule has 1 saturated heterocycles. The van der Waals surface area contributed by atoms with Crippen molar-refractivity contribution in [3.63, 3.8) is 0 Å². The van der Waals surface area contributed by atoms with Crippen LogP contribution in [0.5, 0.6) is 0 Å². The molecule has 0 aliphatic carbocycles. The predicted octanol–water partition coefficient (Wildman–Crippen LogP) is 1.23. The van der Waals surface area contributed by atoms with Crippen LogP contribution in [0.2, 0.25) is 0 Å². The maximum absolute atomic E-state index is 5.69. The summed E-state index contributed by atoms with van der Waals surface area (Å²) >= 11 is 0. The van der Waals surface area contributed by atoms with E-state index in [1.165, 1.54) is 12.0 Å². The molecule has 0 bridgehead atoms. The van der Waals surface area contributed by atoms with E-state index >= 15 is 0 Å². The van der Waals surface area contributed by atoms with E-state index in [9.17, 15) is 0 Å². The molecule has 0 saturated carbocycles. The number of nitrogens with two attached hydrogens (primary N) is 1. The largest absolute Gasteiger partial charge is 0.399 e. The maximum atomic E-state index is 5.69. The number of hydrogen-bond acceptors (Lipinski definition) is 3. The van der Waals surface area contributed by atoms with Crippen molar-refractivity contribution in [2.24, 2.45) is 0 Å². The van der Waals surface area contributed by atoms with E-state index in [-0.39, 0.29) is 0 Å². The summed E-state index contributed by atoms with van der Waals surface area (Å²) in [6.45, 7) is 1.10. The highest BCUT2D eigenvalue weighted by Gasteiger charge is 2.29. The Morgan fingerprint density at radius 2 is 1.93 bits per heavy atom. The summed E-state index contributed by atoms with van der Waals surface area (Å²) in [6, 6.07) is 8.26. The van der Waals surface area contributed by atoms with E-state index in [0.29, 0.717) is 12.1 Å². The number of benzene rings is 1. The lowest BCUT2D eigenvalue weighted by Crippen LogP contribution is -2.39. The van der Waals surface area contributed by atoms with Crippen LogP contribution in [-0.4, -0.2) is 31.7 Å². The van der Waals surface area contributed by atoms with Gasteiger partial charge in [0, 0.05) is 11.6 Å². The molecular formula is C12H19N3. The number of nitrogens with one attached hydrogen (secondary N) is 1. The van der Waals surface area contributed by atoms with E-state index in [1.54, 1.807) is 0 Å². The standard InChI is InChI=1S/C12H19N3/c1-15(2)12-11(7-8-14-12)9-3-5-10(13)6-4-9/h3-6,11-12,14H,7-8,13H2,1-2H3. The van der Waals surface area contributed by atoms with Gasteiger partial charge in [-0.25, -0.2) is 0 Å². The number of nitrogens with zero attached hydrogens (tertiary/aromatic N) is 1. The molecule has 2 unspecified atom stereocenters. The van der Waals surface area contributed by atoms with Crippen molar-refractivity contribution >= 4 is 5.69 Å². The Bertz CT molecular complexity index is 318. The molecule has 3 N–H and O–H groups in total. The molecule has 1 aromatic rings. The van der Waals surface area contributed by atoms with Crippen LogP contribution < -0.4 is 11.1 Å². The van der Waals surface area contributed by atoms with Gasteiger partial charge in [0.2, 0.25) is 0 Å². The maximum Gasteiger partial charge on any atom is 0.0663 e. The van der Waals surface area contributed by atoms with Gasteiger partial charge in [-0.2, -0.15) is 0 Å². The number of anilines is 1. The molecule has 0 spiro atoms. The van der Waals surface area contributed by atoms with Crippen molar-refractivity contribution in [1.82, 2.24) is 10.2 Å². The zero-order valence-electron chi connectivity index (χ0n) is 9.40. The van der Waals surface area contributed by atoms with E-state index < -0.39 is 0 Å². The van der Waals surface area contributed by atoms with Crippen LogP contribution in [0.15, 0.2) is 24.3 Å². The molecule has 1 heterocycles. The van der Waals surface area contributed by atoms with Gasteiger partial charge in [-0.15, -0.1) is 0 Å².